The summed E-state index contributed by atoms with van der Waals surface area (Å²) in [7, 11) is 0. The van der Waals surface area contributed by atoms with Crippen LogP contribution in [0.5, 0.6) is 0 Å². The lowest BCUT2D eigenvalue weighted by Gasteiger charge is -2.12. The van der Waals surface area contributed by atoms with Gasteiger partial charge in [-0.15, -0.1) is 0 Å². The first-order valence-electron chi connectivity index (χ1n) is 6.72. The van der Waals surface area contributed by atoms with Crippen LogP contribution in [0.1, 0.15) is 12.0 Å². The summed E-state index contributed by atoms with van der Waals surface area (Å²) in [4.78, 5) is 23.5. The van der Waals surface area contributed by atoms with Gasteiger partial charge in [0, 0.05) is 16.6 Å². The first-order valence-corrected chi connectivity index (χ1v) is 7.51. The quantitative estimate of drug-likeness (QED) is 0.751. The van der Waals surface area contributed by atoms with Crippen LogP contribution in [-0.2, 0) is 9.59 Å². The zero-order chi connectivity index (χ0) is 16.3. The Balaban J connectivity index is 1.83. The van der Waals surface area contributed by atoms with Crippen molar-refractivity contribution in [2.24, 2.45) is 0 Å². The van der Waals surface area contributed by atoms with Crippen molar-refractivity contribution in [3.8, 4) is 0 Å². The number of alkyl halides is 2. The van der Waals surface area contributed by atoms with Gasteiger partial charge in [0.15, 0.2) is 0 Å². The van der Waals surface area contributed by atoms with Gasteiger partial charge in [-0.05, 0) is 24.6 Å². The summed E-state index contributed by atoms with van der Waals surface area (Å²) >= 11 is 3.30. The summed E-state index contributed by atoms with van der Waals surface area (Å²) in [5, 5.41) is 7.46. The molecule has 1 atom stereocenters. The van der Waals surface area contributed by atoms with E-state index in [1.165, 1.54) is 0 Å². The molecular formula is C14H16BrF2N3O2. The molecule has 2 amide bonds. The standard InChI is InChI=1S/C14H16BrF2N3O2/c1-8-2-3-9(15)4-10(8)20-12(21)6-18-13(22)11-5-14(16,17)7-19-11/h2-4,11,19H,5-7H2,1H3,(H,18,22)(H,20,21). The number of carbonyl (C=O) groups is 2. The summed E-state index contributed by atoms with van der Waals surface area (Å²) < 4.78 is 26.8. The lowest BCUT2D eigenvalue weighted by molar-refractivity contribution is -0.125. The van der Waals surface area contributed by atoms with Gasteiger partial charge in [-0.1, -0.05) is 22.0 Å². The molecule has 1 unspecified atom stereocenters. The second-order valence-corrected chi connectivity index (χ2v) is 6.13. The third-order valence-corrected chi connectivity index (χ3v) is 3.82. The summed E-state index contributed by atoms with van der Waals surface area (Å²) in [6, 6.07) is 4.46. The number of carbonyl (C=O) groups excluding carboxylic acids is 2. The predicted molar refractivity (Wildman–Crippen MR) is 81.9 cm³/mol. The Morgan fingerprint density at radius 2 is 2.18 bits per heavy atom. The van der Waals surface area contributed by atoms with Gasteiger partial charge in [-0.3, -0.25) is 14.9 Å². The van der Waals surface area contributed by atoms with Gasteiger partial charge in [0.2, 0.25) is 11.8 Å². The van der Waals surface area contributed by atoms with Crippen LogP contribution in [0.4, 0.5) is 14.5 Å². The summed E-state index contributed by atoms with van der Waals surface area (Å²) in [6.07, 6.45) is -0.550. The molecule has 1 aliphatic heterocycles. The number of hydrogen-bond acceptors (Lipinski definition) is 3. The molecule has 1 aromatic rings. The highest BCUT2D eigenvalue weighted by Crippen LogP contribution is 2.25. The van der Waals surface area contributed by atoms with E-state index in [1.54, 1.807) is 6.07 Å². The molecule has 2 rings (SSSR count). The Bertz CT molecular complexity index is 595. The van der Waals surface area contributed by atoms with Gasteiger partial charge in [0.25, 0.3) is 5.92 Å². The number of benzene rings is 1. The highest BCUT2D eigenvalue weighted by Gasteiger charge is 2.42. The third kappa shape index (κ3) is 4.48. The second kappa shape index (κ2) is 6.70. The second-order valence-electron chi connectivity index (χ2n) is 5.22. The van der Waals surface area contributed by atoms with E-state index in [1.807, 2.05) is 19.1 Å². The minimum Gasteiger partial charge on any atom is -0.346 e. The number of anilines is 1. The maximum absolute atomic E-state index is 13.0. The lowest BCUT2D eigenvalue weighted by atomic mass is 10.2. The molecular weight excluding hydrogens is 360 g/mol. The van der Waals surface area contributed by atoms with Crippen molar-refractivity contribution in [3.63, 3.8) is 0 Å². The highest BCUT2D eigenvalue weighted by atomic mass is 79.9. The first kappa shape index (κ1) is 16.8. The molecule has 0 radical (unpaired) electrons. The van der Waals surface area contributed by atoms with Crippen molar-refractivity contribution >= 4 is 33.4 Å². The molecule has 3 N–H and O–H groups in total. The molecule has 0 aliphatic carbocycles. The number of amides is 2. The Hall–Kier alpha value is -1.54. The van der Waals surface area contributed by atoms with E-state index in [2.05, 4.69) is 31.9 Å². The first-order chi connectivity index (χ1) is 10.3. The maximum atomic E-state index is 13.0. The van der Waals surface area contributed by atoms with Crippen LogP contribution in [0, 0.1) is 6.92 Å². The van der Waals surface area contributed by atoms with Crippen LogP contribution in [0.15, 0.2) is 22.7 Å². The van der Waals surface area contributed by atoms with E-state index in [4.69, 9.17) is 0 Å². The molecule has 1 heterocycles. The average molecular weight is 376 g/mol. The van der Waals surface area contributed by atoms with Crippen LogP contribution in [0.2, 0.25) is 0 Å². The fourth-order valence-corrected chi connectivity index (χ4v) is 2.48. The van der Waals surface area contributed by atoms with Crippen molar-refractivity contribution in [1.29, 1.82) is 0 Å². The zero-order valence-electron chi connectivity index (χ0n) is 11.9. The molecule has 0 aromatic heterocycles. The van der Waals surface area contributed by atoms with E-state index < -0.39 is 36.7 Å². The summed E-state index contributed by atoms with van der Waals surface area (Å²) in [6.45, 7) is 1.05. The molecule has 1 aromatic carbocycles. The number of halogens is 3. The Labute approximate surface area is 135 Å². The normalized spacial score (nSPS) is 19.7. The zero-order valence-corrected chi connectivity index (χ0v) is 13.5. The van der Waals surface area contributed by atoms with Gasteiger partial charge < -0.3 is 10.6 Å². The molecule has 0 bridgehead atoms. The van der Waals surface area contributed by atoms with Crippen LogP contribution in [0.25, 0.3) is 0 Å². The monoisotopic (exact) mass is 375 g/mol. The molecule has 1 fully saturated rings. The SMILES string of the molecule is Cc1ccc(Br)cc1NC(=O)CNC(=O)C1CC(F)(F)CN1. The Morgan fingerprint density at radius 3 is 2.82 bits per heavy atom. The maximum Gasteiger partial charge on any atom is 0.262 e. The van der Waals surface area contributed by atoms with Crippen molar-refractivity contribution < 1.29 is 18.4 Å². The van der Waals surface area contributed by atoms with Crippen LogP contribution < -0.4 is 16.0 Å². The number of nitrogens with one attached hydrogen (secondary N) is 3. The minimum absolute atomic E-state index is 0.269. The van der Waals surface area contributed by atoms with Crippen LogP contribution in [-0.4, -0.2) is 36.9 Å². The summed E-state index contributed by atoms with van der Waals surface area (Å²) in [5.74, 6) is -3.89. The van der Waals surface area contributed by atoms with Crippen LogP contribution >= 0.6 is 15.9 Å². The highest BCUT2D eigenvalue weighted by molar-refractivity contribution is 9.10. The van der Waals surface area contributed by atoms with Crippen molar-refractivity contribution in [2.45, 2.75) is 25.3 Å². The van der Waals surface area contributed by atoms with Gasteiger partial charge in [0.1, 0.15) is 0 Å². The third-order valence-electron chi connectivity index (χ3n) is 3.32. The fourth-order valence-electron chi connectivity index (χ4n) is 2.11. The van der Waals surface area contributed by atoms with Gasteiger partial charge >= 0.3 is 0 Å². The fraction of sp³-hybridized carbons (Fsp3) is 0.429. The number of aryl methyl sites for hydroxylation is 1. The number of rotatable bonds is 4. The molecule has 120 valence electrons. The average Bonchev–Trinajstić information content (AvgIpc) is 2.80. The Kier molecular flexibility index (Phi) is 5.12. The van der Waals surface area contributed by atoms with E-state index in [0.717, 1.165) is 10.0 Å². The molecule has 0 saturated carbocycles. The molecule has 1 saturated heterocycles. The van der Waals surface area contributed by atoms with Gasteiger partial charge in [0.05, 0.1) is 19.1 Å². The largest absolute Gasteiger partial charge is 0.346 e. The minimum atomic E-state index is -2.88. The van der Waals surface area contributed by atoms with Gasteiger partial charge in [-0.2, -0.15) is 0 Å². The van der Waals surface area contributed by atoms with E-state index in [-0.39, 0.29) is 6.54 Å². The Morgan fingerprint density at radius 1 is 1.45 bits per heavy atom. The molecule has 8 heteroatoms. The van der Waals surface area contributed by atoms with Crippen molar-refractivity contribution in [3.05, 3.63) is 28.2 Å². The van der Waals surface area contributed by atoms with Gasteiger partial charge in [-0.25, -0.2) is 8.78 Å². The lowest BCUT2D eigenvalue weighted by Crippen LogP contribution is -2.43. The van der Waals surface area contributed by atoms with Crippen molar-refractivity contribution in [2.75, 3.05) is 18.4 Å². The molecule has 22 heavy (non-hydrogen) atoms. The molecule has 5 nitrogen and oxygen atoms in total. The van der Waals surface area contributed by atoms with Crippen LogP contribution in [0.3, 0.4) is 0 Å². The number of hydrogen-bond donors (Lipinski definition) is 3. The summed E-state index contributed by atoms with van der Waals surface area (Å²) in [5.41, 5.74) is 1.50. The van der Waals surface area contributed by atoms with Crippen molar-refractivity contribution in [1.82, 2.24) is 10.6 Å². The van der Waals surface area contributed by atoms with E-state index in [0.29, 0.717) is 5.69 Å². The molecule has 0 spiro atoms. The van der Waals surface area contributed by atoms with E-state index in [9.17, 15) is 18.4 Å². The van der Waals surface area contributed by atoms with E-state index >= 15 is 0 Å². The topological polar surface area (TPSA) is 70.2 Å². The molecule has 1 aliphatic rings. The smallest absolute Gasteiger partial charge is 0.262 e. The predicted octanol–water partition coefficient (Wildman–Crippen LogP) is 1.81.